The number of pyridine rings is 1. The van der Waals surface area contributed by atoms with Gasteiger partial charge in [-0.15, -0.1) is 0 Å². The van der Waals surface area contributed by atoms with Gasteiger partial charge in [0, 0.05) is 36.9 Å². The van der Waals surface area contributed by atoms with E-state index in [1.54, 1.807) is 18.6 Å². The summed E-state index contributed by atoms with van der Waals surface area (Å²) in [5.74, 6) is 1.51. The zero-order valence-electron chi connectivity index (χ0n) is 17.4. The molecule has 30 heavy (non-hydrogen) atoms. The number of rotatable bonds is 6. The maximum Gasteiger partial charge on any atom is 0.261 e. The minimum absolute atomic E-state index is 0.203. The van der Waals surface area contributed by atoms with Crippen molar-refractivity contribution in [1.82, 2.24) is 34.9 Å². The van der Waals surface area contributed by atoms with Crippen LogP contribution in [0, 0.1) is 5.92 Å². The second kappa shape index (κ2) is 7.66. The summed E-state index contributed by atoms with van der Waals surface area (Å²) in [7, 11) is 0. The van der Waals surface area contributed by atoms with Gasteiger partial charge in [-0.05, 0) is 31.4 Å². The Hall–Kier alpha value is -3.62. The van der Waals surface area contributed by atoms with Gasteiger partial charge < -0.3 is 10.3 Å². The highest BCUT2D eigenvalue weighted by molar-refractivity contribution is 5.58. The van der Waals surface area contributed by atoms with Crippen molar-refractivity contribution >= 4 is 5.95 Å². The first-order valence-electron chi connectivity index (χ1n) is 9.83. The van der Waals surface area contributed by atoms with Gasteiger partial charge in [-0.3, -0.25) is 9.67 Å². The molecule has 2 N–H and O–H groups in total. The van der Waals surface area contributed by atoms with Crippen LogP contribution in [0.15, 0.2) is 47.6 Å². The third-order valence-electron chi connectivity index (χ3n) is 5.58. The summed E-state index contributed by atoms with van der Waals surface area (Å²) < 4.78 is 7.39. The number of aromatic nitrogens is 7. The first-order chi connectivity index (χ1) is 14.4. The molecule has 4 aromatic heterocycles. The lowest BCUT2D eigenvalue weighted by atomic mass is 9.73. The first kappa shape index (κ1) is 19.7. The van der Waals surface area contributed by atoms with Crippen LogP contribution < -0.4 is 5.73 Å². The molecular formula is C21H24N8O. The van der Waals surface area contributed by atoms with Gasteiger partial charge in [-0.1, -0.05) is 25.1 Å². The van der Waals surface area contributed by atoms with Gasteiger partial charge in [0.1, 0.15) is 0 Å². The fourth-order valence-electron chi connectivity index (χ4n) is 3.26. The van der Waals surface area contributed by atoms with Crippen molar-refractivity contribution < 1.29 is 4.52 Å². The van der Waals surface area contributed by atoms with E-state index in [4.69, 9.17) is 15.2 Å². The molecule has 0 spiro atoms. The molecular weight excluding hydrogens is 380 g/mol. The van der Waals surface area contributed by atoms with Crippen LogP contribution in [0.1, 0.15) is 39.1 Å². The third kappa shape index (κ3) is 3.42. The van der Waals surface area contributed by atoms with Crippen LogP contribution in [-0.4, -0.2) is 34.9 Å². The lowest BCUT2D eigenvalue weighted by molar-refractivity contribution is 0.350. The lowest BCUT2D eigenvalue weighted by Crippen LogP contribution is -2.31. The summed E-state index contributed by atoms with van der Waals surface area (Å²) in [5.41, 5.74) is 8.46. The Labute approximate surface area is 174 Å². The molecule has 0 aromatic carbocycles. The van der Waals surface area contributed by atoms with Gasteiger partial charge in [0.15, 0.2) is 5.82 Å². The normalized spacial score (nSPS) is 13.5. The Bertz CT molecular complexity index is 1130. The van der Waals surface area contributed by atoms with Crippen molar-refractivity contribution in [3.8, 4) is 22.7 Å². The molecule has 1 unspecified atom stereocenters. The molecule has 0 amide bonds. The highest BCUT2D eigenvalue weighted by Gasteiger charge is 2.38. The molecule has 9 nitrogen and oxygen atoms in total. The highest BCUT2D eigenvalue weighted by Crippen LogP contribution is 2.38. The zero-order valence-corrected chi connectivity index (χ0v) is 17.4. The topological polar surface area (TPSA) is 121 Å². The minimum atomic E-state index is -0.481. The lowest BCUT2D eigenvalue weighted by Gasteiger charge is -2.30. The van der Waals surface area contributed by atoms with E-state index in [9.17, 15) is 0 Å². The van der Waals surface area contributed by atoms with E-state index in [1.165, 1.54) is 0 Å². The average Bonchev–Trinajstić information content (AvgIpc) is 3.43. The van der Waals surface area contributed by atoms with Crippen LogP contribution in [0.3, 0.4) is 0 Å². The van der Waals surface area contributed by atoms with Gasteiger partial charge in [0.05, 0.1) is 22.9 Å². The summed E-state index contributed by atoms with van der Waals surface area (Å²) in [6.07, 6.45) is 8.80. The molecule has 4 aromatic rings. The molecule has 0 aliphatic carbocycles. The summed E-state index contributed by atoms with van der Waals surface area (Å²) in [5, 5.41) is 8.58. The monoisotopic (exact) mass is 404 g/mol. The molecule has 0 fully saturated rings. The first-order valence-corrected chi connectivity index (χ1v) is 9.83. The van der Waals surface area contributed by atoms with Crippen LogP contribution >= 0.6 is 0 Å². The maximum atomic E-state index is 5.57. The largest absolute Gasteiger partial charge is 0.368 e. The zero-order chi connectivity index (χ0) is 21.3. The summed E-state index contributed by atoms with van der Waals surface area (Å²) in [4.78, 5) is 17.4. The summed E-state index contributed by atoms with van der Waals surface area (Å²) in [6.45, 7) is 9.17. The Morgan fingerprint density at radius 3 is 2.43 bits per heavy atom. The standard InChI is InChI=1S/C21H24N8O/c1-5-29-12-15(10-26-29)18-27-19(28-30-18)21(4,13(2)3)16-6-7-17(23-11-16)14-8-24-20(22)25-9-14/h6-13H,5H2,1-4H3,(H2,22,24,25). The van der Waals surface area contributed by atoms with E-state index >= 15 is 0 Å². The number of aryl methyl sites for hydroxylation is 1. The van der Waals surface area contributed by atoms with Crippen molar-refractivity contribution in [1.29, 1.82) is 0 Å². The number of nitrogens with two attached hydrogens (primary N) is 1. The number of nitrogen functional groups attached to an aromatic ring is 1. The summed E-state index contributed by atoms with van der Waals surface area (Å²) in [6, 6.07) is 3.97. The van der Waals surface area contributed by atoms with Gasteiger partial charge in [0.25, 0.3) is 5.89 Å². The minimum Gasteiger partial charge on any atom is -0.368 e. The maximum absolute atomic E-state index is 5.57. The fraction of sp³-hybridized carbons (Fsp3) is 0.333. The van der Waals surface area contributed by atoms with E-state index in [-0.39, 0.29) is 11.9 Å². The van der Waals surface area contributed by atoms with Crippen molar-refractivity contribution in [2.75, 3.05) is 5.73 Å². The van der Waals surface area contributed by atoms with Crippen molar-refractivity contribution in [3.63, 3.8) is 0 Å². The van der Waals surface area contributed by atoms with E-state index in [0.717, 1.165) is 28.9 Å². The predicted octanol–water partition coefficient (Wildman–Crippen LogP) is 3.35. The Kier molecular flexibility index (Phi) is 5.03. The molecule has 0 saturated carbocycles. The SMILES string of the molecule is CCn1cc(-c2nc(C(C)(c3ccc(-c4cnc(N)nc4)nc3)C(C)C)no2)cn1. The van der Waals surface area contributed by atoms with Crippen LogP contribution in [-0.2, 0) is 12.0 Å². The van der Waals surface area contributed by atoms with E-state index in [2.05, 4.69) is 46.0 Å². The highest BCUT2D eigenvalue weighted by atomic mass is 16.5. The van der Waals surface area contributed by atoms with Gasteiger partial charge in [-0.25, -0.2) is 9.97 Å². The molecule has 9 heteroatoms. The quantitative estimate of drug-likeness (QED) is 0.519. The molecule has 4 rings (SSSR count). The molecule has 1 atom stereocenters. The molecule has 4 heterocycles. The van der Waals surface area contributed by atoms with Crippen molar-refractivity contribution in [2.45, 2.75) is 39.7 Å². The Morgan fingerprint density at radius 1 is 1.07 bits per heavy atom. The fourth-order valence-corrected chi connectivity index (χ4v) is 3.26. The molecule has 0 aliphatic rings. The second-order valence-electron chi connectivity index (χ2n) is 7.63. The van der Waals surface area contributed by atoms with E-state index in [0.29, 0.717) is 11.7 Å². The molecule has 154 valence electrons. The smallest absolute Gasteiger partial charge is 0.261 e. The molecule has 0 radical (unpaired) electrons. The van der Waals surface area contributed by atoms with E-state index in [1.807, 2.05) is 36.1 Å². The number of anilines is 1. The van der Waals surface area contributed by atoms with Crippen LogP contribution in [0.4, 0.5) is 5.95 Å². The molecule has 0 saturated heterocycles. The van der Waals surface area contributed by atoms with Gasteiger partial charge in [0.2, 0.25) is 5.95 Å². The molecule has 0 aliphatic heterocycles. The number of hydrogen-bond donors (Lipinski definition) is 1. The predicted molar refractivity (Wildman–Crippen MR) is 112 cm³/mol. The second-order valence-corrected chi connectivity index (χ2v) is 7.63. The van der Waals surface area contributed by atoms with Gasteiger partial charge in [-0.2, -0.15) is 10.1 Å². The van der Waals surface area contributed by atoms with Crippen molar-refractivity contribution in [3.05, 3.63) is 54.5 Å². The molecule has 0 bridgehead atoms. The Morgan fingerprint density at radius 2 is 1.83 bits per heavy atom. The van der Waals surface area contributed by atoms with Crippen LogP contribution in [0.25, 0.3) is 22.7 Å². The third-order valence-corrected chi connectivity index (χ3v) is 5.58. The Balaban J connectivity index is 1.68. The van der Waals surface area contributed by atoms with E-state index < -0.39 is 5.41 Å². The average molecular weight is 404 g/mol. The number of nitrogens with zero attached hydrogens (tertiary/aromatic N) is 7. The number of hydrogen-bond acceptors (Lipinski definition) is 8. The summed E-state index contributed by atoms with van der Waals surface area (Å²) >= 11 is 0. The van der Waals surface area contributed by atoms with Crippen LogP contribution in [0.5, 0.6) is 0 Å². The van der Waals surface area contributed by atoms with Crippen molar-refractivity contribution in [2.24, 2.45) is 5.92 Å². The van der Waals surface area contributed by atoms with Crippen LogP contribution in [0.2, 0.25) is 0 Å². The van der Waals surface area contributed by atoms with Gasteiger partial charge >= 0.3 is 0 Å².